The maximum atomic E-state index is 12.3. The zero-order chi connectivity index (χ0) is 14.5. The van der Waals surface area contributed by atoms with Gasteiger partial charge < -0.3 is 5.32 Å². The number of halogens is 2. The summed E-state index contributed by atoms with van der Waals surface area (Å²) in [5.41, 5.74) is 1.49. The highest BCUT2D eigenvalue weighted by molar-refractivity contribution is 9.10. The minimum Gasteiger partial charge on any atom is -0.344 e. The normalized spacial score (nSPS) is 11.9. The Labute approximate surface area is 135 Å². The molecule has 20 heavy (non-hydrogen) atoms. The van der Waals surface area contributed by atoms with Crippen LogP contribution in [0.2, 0.25) is 0 Å². The van der Waals surface area contributed by atoms with Gasteiger partial charge in [0.05, 0.1) is 6.04 Å². The first-order chi connectivity index (χ1) is 9.61. The van der Waals surface area contributed by atoms with Gasteiger partial charge in [-0.05, 0) is 52.2 Å². The fourth-order valence-corrected chi connectivity index (χ4v) is 2.59. The molecule has 0 bridgehead atoms. The van der Waals surface area contributed by atoms with Gasteiger partial charge in [-0.3, -0.25) is 4.79 Å². The third-order valence-corrected chi connectivity index (χ3v) is 4.13. The van der Waals surface area contributed by atoms with Crippen molar-refractivity contribution in [1.82, 2.24) is 10.3 Å². The van der Waals surface area contributed by atoms with E-state index in [1.54, 1.807) is 12.3 Å². The Morgan fingerprint density at radius 1 is 1.25 bits per heavy atom. The van der Waals surface area contributed by atoms with Gasteiger partial charge in [-0.15, -0.1) is 0 Å². The lowest BCUT2D eigenvalue weighted by molar-refractivity contribution is 0.0929. The Morgan fingerprint density at radius 2 is 1.95 bits per heavy atom. The number of nitrogens with one attached hydrogen (secondary N) is 1. The number of hydrogen-bond donors (Lipinski definition) is 1. The Kier molecular flexibility index (Phi) is 5.31. The lowest BCUT2D eigenvalue weighted by Gasteiger charge is -2.17. The second-order valence-corrected chi connectivity index (χ2v) is 6.09. The number of aromatic nitrogens is 1. The SMILES string of the molecule is CCC(NC(=O)c1ncccc1Br)c1ccc(Br)cc1. The van der Waals surface area contributed by atoms with E-state index in [0.29, 0.717) is 10.2 Å². The third kappa shape index (κ3) is 3.67. The highest BCUT2D eigenvalue weighted by Crippen LogP contribution is 2.21. The van der Waals surface area contributed by atoms with Gasteiger partial charge in [-0.25, -0.2) is 4.98 Å². The molecule has 2 rings (SSSR count). The Hall–Kier alpha value is -1.20. The van der Waals surface area contributed by atoms with Crippen LogP contribution in [0.4, 0.5) is 0 Å². The fraction of sp³-hybridized carbons (Fsp3) is 0.200. The average molecular weight is 398 g/mol. The molecule has 1 aromatic heterocycles. The van der Waals surface area contributed by atoms with Gasteiger partial charge in [0.1, 0.15) is 5.69 Å². The van der Waals surface area contributed by atoms with Crippen LogP contribution in [0.3, 0.4) is 0 Å². The monoisotopic (exact) mass is 396 g/mol. The fourth-order valence-electron chi connectivity index (χ4n) is 1.90. The number of amides is 1. The van der Waals surface area contributed by atoms with Gasteiger partial charge in [0.2, 0.25) is 0 Å². The highest BCUT2D eigenvalue weighted by Gasteiger charge is 2.16. The van der Waals surface area contributed by atoms with Gasteiger partial charge >= 0.3 is 0 Å². The summed E-state index contributed by atoms with van der Waals surface area (Å²) < 4.78 is 1.72. The van der Waals surface area contributed by atoms with E-state index >= 15 is 0 Å². The maximum absolute atomic E-state index is 12.3. The summed E-state index contributed by atoms with van der Waals surface area (Å²) in [5.74, 6) is -0.174. The number of nitrogens with zero attached hydrogens (tertiary/aromatic N) is 1. The maximum Gasteiger partial charge on any atom is 0.271 e. The van der Waals surface area contributed by atoms with Crippen molar-refractivity contribution in [3.63, 3.8) is 0 Å². The van der Waals surface area contributed by atoms with Crippen LogP contribution in [0.5, 0.6) is 0 Å². The number of carbonyl (C=O) groups is 1. The van der Waals surface area contributed by atoms with Crippen molar-refractivity contribution in [2.75, 3.05) is 0 Å². The number of hydrogen-bond acceptors (Lipinski definition) is 2. The van der Waals surface area contributed by atoms with Gasteiger partial charge in [0.25, 0.3) is 5.91 Å². The molecule has 0 aliphatic carbocycles. The van der Waals surface area contributed by atoms with E-state index in [2.05, 4.69) is 42.2 Å². The highest BCUT2D eigenvalue weighted by atomic mass is 79.9. The van der Waals surface area contributed by atoms with Crippen LogP contribution >= 0.6 is 31.9 Å². The molecule has 1 heterocycles. The molecule has 0 fully saturated rings. The zero-order valence-corrected chi connectivity index (χ0v) is 14.1. The third-order valence-electron chi connectivity index (χ3n) is 2.96. The Bertz CT molecular complexity index is 599. The molecular formula is C15H14Br2N2O. The smallest absolute Gasteiger partial charge is 0.271 e. The van der Waals surface area contributed by atoms with Crippen LogP contribution in [-0.2, 0) is 0 Å². The first kappa shape index (κ1) is 15.2. The summed E-state index contributed by atoms with van der Waals surface area (Å²) in [4.78, 5) is 16.4. The van der Waals surface area contributed by atoms with Gasteiger partial charge in [-0.2, -0.15) is 0 Å². The van der Waals surface area contributed by atoms with Crippen molar-refractivity contribution in [2.24, 2.45) is 0 Å². The van der Waals surface area contributed by atoms with Crippen molar-refractivity contribution in [2.45, 2.75) is 19.4 Å². The largest absolute Gasteiger partial charge is 0.344 e. The molecule has 0 saturated carbocycles. The summed E-state index contributed by atoms with van der Waals surface area (Å²) in [6, 6.07) is 11.5. The lowest BCUT2D eigenvalue weighted by Crippen LogP contribution is -2.29. The van der Waals surface area contributed by atoms with E-state index in [4.69, 9.17) is 0 Å². The summed E-state index contributed by atoms with van der Waals surface area (Å²) in [7, 11) is 0. The molecule has 1 unspecified atom stereocenters. The number of benzene rings is 1. The summed E-state index contributed by atoms with van der Waals surface area (Å²) in [6.07, 6.45) is 2.43. The molecule has 0 aliphatic rings. The van der Waals surface area contributed by atoms with Crippen LogP contribution < -0.4 is 5.32 Å². The number of carbonyl (C=O) groups excluding carboxylic acids is 1. The van der Waals surface area contributed by atoms with Crippen molar-refractivity contribution in [3.8, 4) is 0 Å². The van der Waals surface area contributed by atoms with Gasteiger partial charge in [0, 0.05) is 15.1 Å². The lowest BCUT2D eigenvalue weighted by atomic mass is 10.0. The molecule has 0 aliphatic heterocycles. The van der Waals surface area contributed by atoms with Crippen LogP contribution in [0.1, 0.15) is 35.4 Å². The molecule has 1 atom stereocenters. The molecule has 1 N–H and O–H groups in total. The van der Waals surface area contributed by atoms with Crippen LogP contribution in [-0.4, -0.2) is 10.9 Å². The zero-order valence-electron chi connectivity index (χ0n) is 10.9. The quantitative estimate of drug-likeness (QED) is 0.825. The summed E-state index contributed by atoms with van der Waals surface area (Å²) >= 11 is 6.76. The van der Waals surface area contributed by atoms with Crippen molar-refractivity contribution in [3.05, 3.63) is 62.8 Å². The van der Waals surface area contributed by atoms with Gasteiger partial charge in [0.15, 0.2) is 0 Å². The molecule has 3 nitrogen and oxygen atoms in total. The van der Waals surface area contributed by atoms with E-state index in [0.717, 1.165) is 16.5 Å². The van der Waals surface area contributed by atoms with Crippen LogP contribution in [0, 0.1) is 0 Å². The number of pyridine rings is 1. The topological polar surface area (TPSA) is 42.0 Å². The molecule has 0 radical (unpaired) electrons. The predicted octanol–water partition coefficient (Wildman–Crippen LogP) is 4.49. The Morgan fingerprint density at radius 3 is 2.55 bits per heavy atom. The first-order valence-electron chi connectivity index (χ1n) is 6.28. The minimum absolute atomic E-state index is 0.0236. The minimum atomic E-state index is -0.174. The molecule has 0 saturated heterocycles. The molecule has 1 aromatic carbocycles. The van der Waals surface area contributed by atoms with E-state index < -0.39 is 0 Å². The molecule has 5 heteroatoms. The van der Waals surface area contributed by atoms with Crippen molar-refractivity contribution in [1.29, 1.82) is 0 Å². The van der Waals surface area contributed by atoms with E-state index in [1.807, 2.05) is 37.3 Å². The summed E-state index contributed by atoms with van der Waals surface area (Å²) in [5, 5.41) is 3.01. The molecular weight excluding hydrogens is 384 g/mol. The van der Waals surface area contributed by atoms with E-state index in [1.165, 1.54) is 0 Å². The predicted molar refractivity (Wildman–Crippen MR) is 86.6 cm³/mol. The van der Waals surface area contributed by atoms with Crippen molar-refractivity contribution >= 4 is 37.8 Å². The number of rotatable bonds is 4. The second kappa shape index (κ2) is 6.99. The standard InChI is InChI=1S/C15H14Br2N2O/c1-2-13(10-5-7-11(16)8-6-10)19-15(20)14-12(17)4-3-9-18-14/h3-9,13H,2H2,1H3,(H,19,20). The van der Waals surface area contributed by atoms with E-state index in [-0.39, 0.29) is 11.9 Å². The van der Waals surface area contributed by atoms with Gasteiger partial charge in [-0.1, -0.05) is 35.0 Å². The second-order valence-electron chi connectivity index (χ2n) is 4.32. The van der Waals surface area contributed by atoms with E-state index in [9.17, 15) is 4.79 Å². The van der Waals surface area contributed by atoms with Crippen LogP contribution in [0.15, 0.2) is 51.5 Å². The average Bonchev–Trinajstić information content (AvgIpc) is 2.46. The molecule has 104 valence electrons. The first-order valence-corrected chi connectivity index (χ1v) is 7.87. The Balaban J connectivity index is 2.16. The van der Waals surface area contributed by atoms with Crippen LogP contribution in [0.25, 0.3) is 0 Å². The molecule has 0 spiro atoms. The summed E-state index contributed by atoms with van der Waals surface area (Å²) in [6.45, 7) is 2.04. The van der Waals surface area contributed by atoms with Crippen molar-refractivity contribution < 1.29 is 4.79 Å². The molecule has 1 amide bonds. The molecule has 2 aromatic rings.